The van der Waals surface area contributed by atoms with Gasteiger partial charge in [-0.1, -0.05) is 0 Å². The highest BCUT2D eigenvalue weighted by atomic mass is 32.2. The Morgan fingerprint density at radius 2 is 2.29 bits per heavy atom. The van der Waals surface area contributed by atoms with Crippen molar-refractivity contribution in [2.75, 3.05) is 40.5 Å². The Kier molecular flexibility index (Phi) is 5.75. The van der Waals surface area contributed by atoms with Crippen LogP contribution in [0.1, 0.15) is 11.3 Å². The first kappa shape index (κ1) is 16.9. The second kappa shape index (κ2) is 7.17. The molecule has 1 saturated heterocycles. The molecule has 1 unspecified atom stereocenters. The minimum absolute atomic E-state index is 0.232. The lowest BCUT2D eigenvalue weighted by atomic mass is 10.0. The second-order valence-corrected chi connectivity index (χ2v) is 8.25. The van der Waals surface area contributed by atoms with Crippen molar-refractivity contribution < 1.29 is 17.9 Å². The SMILES string of the molecule is CNCCc1ccc(S(=O)(=O)NCC2(OC)CCOC2)s1. The summed E-state index contributed by atoms with van der Waals surface area (Å²) in [6.07, 6.45) is 1.52. The Hall–Kier alpha value is -0.510. The molecular formula is C13H22N2O4S2. The van der Waals surface area contributed by atoms with E-state index in [1.165, 1.54) is 11.3 Å². The summed E-state index contributed by atoms with van der Waals surface area (Å²) < 4.78 is 38.4. The van der Waals surface area contributed by atoms with Crippen molar-refractivity contribution in [2.24, 2.45) is 0 Å². The molecule has 1 aliphatic heterocycles. The van der Waals surface area contributed by atoms with Gasteiger partial charge in [-0.15, -0.1) is 11.3 Å². The fourth-order valence-corrected chi connectivity index (χ4v) is 4.66. The summed E-state index contributed by atoms with van der Waals surface area (Å²) in [5, 5.41) is 3.05. The minimum Gasteiger partial charge on any atom is -0.378 e. The van der Waals surface area contributed by atoms with Crippen LogP contribution in [0.2, 0.25) is 0 Å². The van der Waals surface area contributed by atoms with Gasteiger partial charge in [0.15, 0.2) is 0 Å². The van der Waals surface area contributed by atoms with Crippen molar-refractivity contribution in [2.45, 2.75) is 22.7 Å². The standard InChI is InChI=1S/C13H22N2O4S2/c1-14-7-5-11-3-4-12(20-11)21(16,17)15-9-13(18-2)6-8-19-10-13/h3-4,14-15H,5-10H2,1-2H3. The molecule has 1 atom stereocenters. The number of ether oxygens (including phenoxy) is 2. The molecule has 1 aliphatic rings. The first-order chi connectivity index (χ1) is 10.0. The Morgan fingerprint density at radius 3 is 2.90 bits per heavy atom. The van der Waals surface area contributed by atoms with Crippen LogP contribution < -0.4 is 10.0 Å². The van der Waals surface area contributed by atoms with Crippen LogP contribution >= 0.6 is 11.3 Å². The molecule has 2 heterocycles. The zero-order chi connectivity index (χ0) is 15.3. The van der Waals surface area contributed by atoms with Crippen LogP contribution in [0, 0.1) is 0 Å². The highest BCUT2D eigenvalue weighted by Crippen LogP contribution is 2.25. The monoisotopic (exact) mass is 334 g/mol. The molecule has 8 heteroatoms. The average molecular weight is 334 g/mol. The van der Waals surface area contributed by atoms with Crippen LogP contribution in [0.3, 0.4) is 0 Å². The number of hydrogen-bond donors (Lipinski definition) is 2. The van der Waals surface area contributed by atoms with Gasteiger partial charge in [0.1, 0.15) is 9.81 Å². The molecule has 0 aliphatic carbocycles. The number of likely N-dealkylation sites (N-methyl/N-ethyl adjacent to an activating group) is 1. The van der Waals surface area contributed by atoms with Crippen molar-refractivity contribution in [1.82, 2.24) is 10.0 Å². The van der Waals surface area contributed by atoms with E-state index in [0.29, 0.717) is 23.8 Å². The van der Waals surface area contributed by atoms with Gasteiger partial charge in [0.2, 0.25) is 10.0 Å². The Balaban J connectivity index is 1.99. The van der Waals surface area contributed by atoms with Crippen molar-refractivity contribution >= 4 is 21.4 Å². The second-order valence-electron chi connectivity index (χ2n) is 5.09. The summed E-state index contributed by atoms with van der Waals surface area (Å²) >= 11 is 1.31. The van der Waals surface area contributed by atoms with Crippen molar-refractivity contribution in [3.63, 3.8) is 0 Å². The third kappa shape index (κ3) is 4.24. The lowest BCUT2D eigenvalue weighted by Gasteiger charge is -2.25. The maximum absolute atomic E-state index is 12.3. The van der Waals surface area contributed by atoms with E-state index in [-0.39, 0.29) is 6.54 Å². The number of hydrogen-bond acceptors (Lipinski definition) is 6. The van der Waals surface area contributed by atoms with Gasteiger partial charge >= 0.3 is 0 Å². The van der Waals surface area contributed by atoms with Crippen LogP contribution in [0.5, 0.6) is 0 Å². The molecule has 120 valence electrons. The zero-order valence-corrected chi connectivity index (χ0v) is 14.0. The molecule has 0 bridgehead atoms. The van der Waals surface area contributed by atoms with E-state index >= 15 is 0 Å². The maximum Gasteiger partial charge on any atom is 0.250 e. The fourth-order valence-electron chi connectivity index (χ4n) is 2.14. The largest absolute Gasteiger partial charge is 0.378 e. The molecule has 1 aromatic heterocycles. The van der Waals surface area contributed by atoms with Crippen LogP contribution in [-0.4, -0.2) is 54.5 Å². The fraction of sp³-hybridized carbons (Fsp3) is 0.692. The van der Waals surface area contributed by atoms with Gasteiger partial charge in [-0.25, -0.2) is 13.1 Å². The van der Waals surface area contributed by atoms with E-state index in [9.17, 15) is 8.42 Å². The van der Waals surface area contributed by atoms with Gasteiger partial charge in [-0.05, 0) is 32.1 Å². The summed E-state index contributed by atoms with van der Waals surface area (Å²) in [5.74, 6) is 0. The Bertz CT molecular complexity index is 550. The number of sulfonamides is 1. The molecular weight excluding hydrogens is 312 g/mol. The predicted octanol–water partition coefficient (Wildman–Crippen LogP) is 0.594. The third-order valence-corrected chi connectivity index (χ3v) is 6.65. The average Bonchev–Trinajstić information content (AvgIpc) is 3.13. The molecule has 1 aromatic rings. The molecule has 0 saturated carbocycles. The maximum atomic E-state index is 12.3. The predicted molar refractivity (Wildman–Crippen MR) is 82.3 cm³/mol. The molecule has 21 heavy (non-hydrogen) atoms. The van der Waals surface area contributed by atoms with Gasteiger partial charge in [-0.3, -0.25) is 0 Å². The van der Waals surface area contributed by atoms with Gasteiger partial charge in [0.25, 0.3) is 0 Å². The van der Waals surface area contributed by atoms with E-state index in [0.717, 1.165) is 17.8 Å². The molecule has 6 nitrogen and oxygen atoms in total. The highest BCUT2D eigenvalue weighted by molar-refractivity contribution is 7.91. The number of thiophene rings is 1. The molecule has 2 rings (SSSR count). The number of nitrogens with one attached hydrogen (secondary N) is 2. The van der Waals surface area contributed by atoms with E-state index in [1.54, 1.807) is 13.2 Å². The molecule has 2 N–H and O–H groups in total. The van der Waals surface area contributed by atoms with E-state index in [4.69, 9.17) is 9.47 Å². The lowest BCUT2D eigenvalue weighted by Crippen LogP contribution is -2.44. The first-order valence-corrected chi connectivity index (χ1v) is 9.17. The molecule has 0 aromatic carbocycles. The first-order valence-electron chi connectivity index (χ1n) is 6.87. The summed E-state index contributed by atoms with van der Waals surface area (Å²) in [5.41, 5.74) is -0.542. The quantitative estimate of drug-likeness (QED) is 0.728. The van der Waals surface area contributed by atoms with Crippen molar-refractivity contribution in [3.8, 4) is 0 Å². The van der Waals surface area contributed by atoms with E-state index < -0.39 is 15.6 Å². The van der Waals surface area contributed by atoms with Gasteiger partial charge in [-0.2, -0.15) is 0 Å². The minimum atomic E-state index is -3.49. The van der Waals surface area contributed by atoms with Gasteiger partial charge in [0.05, 0.1) is 6.61 Å². The zero-order valence-electron chi connectivity index (χ0n) is 12.3. The summed E-state index contributed by atoms with van der Waals surface area (Å²) in [4.78, 5) is 1.05. The molecule has 0 radical (unpaired) electrons. The van der Waals surface area contributed by atoms with Crippen LogP contribution in [0.25, 0.3) is 0 Å². The Labute approximate surface area is 129 Å². The summed E-state index contributed by atoms with van der Waals surface area (Å²) in [7, 11) is -0.0247. The number of rotatable bonds is 8. The highest BCUT2D eigenvalue weighted by Gasteiger charge is 2.36. The smallest absolute Gasteiger partial charge is 0.250 e. The molecule has 0 spiro atoms. The van der Waals surface area contributed by atoms with Gasteiger partial charge in [0, 0.05) is 31.6 Å². The molecule has 0 amide bonds. The van der Waals surface area contributed by atoms with Crippen LogP contribution in [0.15, 0.2) is 16.3 Å². The topological polar surface area (TPSA) is 76.7 Å². The lowest BCUT2D eigenvalue weighted by molar-refractivity contribution is -0.0120. The van der Waals surface area contributed by atoms with Crippen LogP contribution in [0.4, 0.5) is 0 Å². The Morgan fingerprint density at radius 1 is 1.48 bits per heavy atom. The third-order valence-electron chi connectivity index (χ3n) is 3.61. The molecule has 1 fully saturated rings. The number of methoxy groups -OCH3 is 1. The summed E-state index contributed by atoms with van der Waals surface area (Å²) in [6, 6.07) is 3.52. The van der Waals surface area contributed by atoms with Crippen molar-refractivity contribution in [1.29, 1.82) is 0 Å². The van der Waals surface area contributed by atoms with E-state index in [1.807, 2.05) is 13.1 Å². The van der Waals surface area contributed by atoms with Gasteiger partial charge < -0.3 is 14.8 Å². The van der Waals surface area contributed by atoms with Crippen molar-refractivity contribution in [3.05, 3.63) is 17.0 Å². The summed E-state index contributed by atoms with van der Waals surface area (Å²) in [6.45, 7) is 2.08. The van der Waals surface area contributed by atoms with E-state index in [2.05, 4.69) is 10.0 Å². The normalized spacial score (nSPS) is 22.8. The van der Waals surface area contributed by atoms with Crippen LogP contribution in [-0.2, 0) is 25.9 Å².